The summed E-state index contributed by atoms with van der Waals surface area (Å²) in [4.78, 5) is 4.13. The maximum atomic E-state index is 5.58. The van der Waals surface area contributed by atoms with Gasteiger partial charge in [0.1, 0.15) is 11.6 Å². The van der Waals surface area contributed by atoms with Crippen LogP contribution in [0.1, 0.15) is 6.92 Å². The summed E-state index contributed by atoms with van der Waals surface area (Å²) in [5.41, 5.74) is 5.58. The molecule has 0 spiro atoms. The summed E-state index contributed by atoms with van der Waals surface area (Å²) in [5, 5.41) is 3.10. The molecule has 0 saturated carbocycles. The van der Waals surface area contributed by atoms with E-state index in [9.17, 15) is 0 Å². The van der Waals surface area contributed by atoms with E-state index in [0.717, 1.165) is 18.1 Å². The number of aromatic nitrogens is 1. The van der Waals surface area contributed by atoms with Gasteiger partial charge < -0.3 is 15.8 Å². The average Bonchev–Trinajstić information content (AvgIpc) is 2.15. The van der Waals surface area contributed by atoms with Gasteiger partial charge in [0.05, 0.1) is 13.3 Å². The molecule has 0 radical (unpaired) electrons. The Morgan fingerprint density at radius 1 is 1.62 bits per heavy atom. The van der Waals surface area contributed by atoms with Crippen LogP contribution in [0.4, 0.5) is 5.82 Å². The summed E-state index contributed by atoms with van der Waals surface area (Å²) < 4.78 is 4.98. The summed E-state index contributed by atoms with van der Waals surface area (Å²) in [6.45, 7) is 2.66. The number of nitrogens with one attached hydrogen (secondary N) is 1. The van der Waals surface area contributed by atoms with Crippen LogP contribution in [-0.2, 0) is 0 Å². The minimum atomic E-state index is 0.129. The number of anilines is 1. The molecule has 3 N–H and O–H groups in total. The van der Waals surface area contributed by atoms with E-state index in [2.05, 4.69) is 10.3 Å². The lowest BCUT2D eigenvalue weighted by molar-refractivity contribution is 0.413. The van der Waals surface area contributed by atoms with Crippen molar-refractivity contribution in [1.82, 2.24) is 4.98 Å². The van der Waals surface area contributed by atoms with Crippen molar-refractivity contribution in [3.63, 3.8) is 0 Å². The minimum Gasteiger partial charge on any atom is -0.495 e. The Balaban J connectivity index is 2.49. The molecule has 0 aliphatic rings. The first-order valence-corrected chi connectivity index (χ1v) is 4.22. The zero-order chi connectivity index (χ0) is 9.68. The molecule has 0 saturated heterocycles. The molecule has 1 aromatic heterocycles. The van der Waals surface area contributed by atoms with E-state index < -0.39 is 0 Å². The highest BCUT2D eigenvalue weighted by molar-refractivity contribution is 5.37. The Kier molecular flexibility index (Phi) is 3.52. The number of pyridine rings is 1. The van der Waals surface area contributed by atoms with Crippen LogP contribution in [0.25, 0.3) is 0 Å². The molecule has 0 fully saturated rings. The first kappa shape index (κ1) is 9.80. The zero-order valence-corrected chi connectivity index (χ0v) is 7.95. The fourth-order valence-electron chi connectivity index (χ4n) is 0.871. The van der Waals surface area contributed by atoms with Gasteiger partial charge in [0, 0.05) is 12.6 Å². The summed E-state index contributed by atoms with van der Waals surface area (Å²) in [6, 6.07) is 3.85. The van der Waals surface area contributed by atoms with Crippen molar-refractivity contribution >= 4 is 5.82 Å². The van der Waals surface area contributed by atoms with Crippen LogP contribution in [0.15, 0.2) is 18.3 Å². The molecule has 4 nitrogen and oxygen atoms in total. The second-order valence-corrected chi connectivity index (χ2v) is 2.94. The van der Waals surface area contributed by atoms with Crippen molar-refractivity contribution in [3.05, 3.63) is 18.3 Å². The molecule has 1 rings (SSSR count). The van der Waals surface area contributed by atoms with Gasteiger partial charge in [-0.3, -0.25) is 0 Å². The Bertz CT molecular complexity index is 246. The normalized spacial score (nSPS) is 12.2. The molecule has 72 valence electrons. The van der Waals surface area contributed by atoms with Gasteiger partial charge >= 0.3 is 0 Å². The van der Waals surface area contributed by atoms with E-state index >= 15 is 0 Å². The number of hydrogen-bond acceptors (Lipinski definition) is 4. The van der Waals surface area contributed by atoms with Crippen molar-refractivity contribution in [3.8, 4) is 5.75 Å². The van der Waals surface area contributed by atoms with Crippen LogP contribution in [0.2, 0.25) is 0 Å². The van der Waals surface area contributed by atoms with E-state index in [-0.39, 0.29) is 6.04 Å². The fourth-order valence-corrected chi connectivity index (χ4v) is 0.871. The maximum Gasteiger partial charge on any atom is 0.137 e. The van der Waals surface area contributed by atoms with Crippen LogP contribution >= 0.6 is 0 Å². The monoisotopic (exact) mass is 181 g/mol. The standard InChI is InChI=1S/C9H15N3O/c1-7(10)5-11-9-4-3-8(13-2)6-12-9/h3-4,6-7H,5,10H2,1-2H3,(H,11,12). The molecule has 13 heavy (non-hydrogen) atoms. The van der Waals surface area contributed by atoms with Crippen molar-refractivity contribution in [1.29, 1.82) is 0 Å². The number of rotatable bonds is 4. The molecular formula is C9H15N3O. The van der Waals surface area contributed by atoms with Crippen molar-refractivity contribution in [2.24, 2.45) is 5.73 Å². The highest BCUT2D eigenvalue weighted by atomic mass is 16.5. The number of nitrogens with zero attached hydrogens (tertiary/aromatic N) is 1. The molecule has 1 heterocycles. The molecule has 1 aromatic rings. The molecule has 0 amide bonds. The van der Waals surface area contributed by atoms with Crippen LogP contribution in [0, 0.1) is 0 Å². The smallest absolute Gasteiger partial charge is 0.137 e. The van der Waals surface area contributed by atoms with Gasteiger partial charge in [-0.1, -0.05) is 0 Å². The molecule has 1 unspecified atom stereocenters. The summed E-state index contributed by atoms with van der Waals surface area (Å²) in [5.74, 6) is 1.57. The van der Waals surface area contributed by atoms with Crippen molar-refractivity contribution in [2.45, 2.75) is 13.0 Å². The van der Waals surface area contributed by atoms with E-state index in [0.29, 0.717) is 0 Å². The van der Waals surface area contributed by atoms with E-state index in [4.69, 9.17) is 10.5 Å². The number of ether oxygens (including phenoxy) is 1. The topological polar surface area (TPSA) is 60.2 Å². The van der Waals surface area contributed by atoms with Crippen molar-refractivity contribution in [2.75, 3.05) is 19.0 Å². The van der Waals surface area contributed by atoms with Gasteiger partial charge in [-0.2, -0.15) is 0 Å². The lowest BCUT2D eigenvalue weighted by atomic mass is 10.3. The largest absolute Gasteiger partial charge is 0.495 e. The SMILES string of the molecule is COc1ccc(NCC(C)N)nc1. The quantitative estimate of drug-likeness (QED) is 0.723. The molecule has 0 aliphatic heterocycles. The van der Waals surface area contributed by atoms with Crippen LogP contribution in [-0.4, -0.2) is 24.7 Å². The molecule has 0 aliphatic carbocycles. The number of methoxy groups -OCH3 is 1. The molecule has 4 heteroatoms. The van der Waals surface area contributed by atoms with Gasteiger partial charge in [0.15, 0.2) is 0 Å². The first-order chi connectivity index (χ1) is 6.22. The third kappa shape index (κ3) is 3.29. The van der Waals surface area contributed by atoms with Gasteiger partial charge in [-0.15, -0.1) is 0 Å². The lowest BCUT2D eigenvalue weighted by Crippen LogP contribution is -2.25. The summed E-state index contributed by atoms with van der Waals surface area (Å²) >= 11 is 0. The highest BCUT2D eigenvalue weighted by Gasteiger charge is 1.96. The van der Waals surface area contributed by atoms with Crippen LogP contribution < -0.4 is 15.8 Å². The lowest BCUT2D eigenvalue weighted by Gasteiger charge is -2.08. The van der Waals surface area contributed by atoms with Gasteiger partial charge in [-0.05, 0) is 19.1 Å². The molecule has 0 bridgehead atoms. The average molecular weight is 181 g/mol. The van der Waals surface area contributed by atoms with Gasteiger partial charge in [0.2, 0.25) is 0 Å². The van der Waals surface area contributed by atoms with E-state index in [1.807, 2.05) is 19.1 Å². The molecule has 1 atom stereocenters. The third-order valence-electron chi connectivity index (χ3n) is 1.58. The second kappa shape index (κ2) is 4.67. The second-order valence-electron chi connectivity index (χ2n) is 2.94. The molecule has 0 aromatic carbocycles. The zero-order valence-electron chi connectivity index (χ0n) is 7.95. The number of nitrogens with two attached hydrogens (primary N) is 1. The Morgan fingerprint density at radius 3 is 2.85 bits per heavy atom. The third-order valence-corrected chi connectivity index (χ3v) is 1.58. The summed E-state index contributed by atoms with van der Waals surface area (Å²) in [6.07, 6.45) is 1.67. The predicted molar refractivity (Wildman–Crippen MR) is 52.9 cm³/mol. The highest BCUT2D eigenvalue weighted by Crippen LogP contribution is 2.10. The first-order valence-electron chi connectivity index (χ1n) is 4.22. The van der Waals surface area contributed by atoms with Gasteiger partial charge in [-0.25, -0.2) is 4.98 Å². The van der Waals surface area contributed by atoms with Gasteiger partial charge in [0.25, 0.3) is 0 Å². The summed E-state index contributed by atoms with van der Waals surface area (Å²) in [7, 11) is 1.62. The fraction of sp³-hybridized carbons (Fsp3) is 0.444. The number of hydrogen-bond donors (Lipinski definition) is 2. The Hall–Kier alpha value is -1.29. The maximum absolute atomic E-state index is 5.58. The Morgan fingerprint density at radius 2 is 2.38 bits per heavy atom. The van der Waals surface area contributed by atoms with Crippen LogP contribution in [0.3, 0.4) is 0 Å². The minimum absolute atomic E-state index is 0.129. The van der Waals surface area contributed by atoms with E-state index in [1.165, 1.54) is 0 Å². The molecular weight excluding hydrogens is 166 g/mol. The van der Waals surface area contributed by atoms with E-state index in [1.54, 1.807) is 13.3 Å². The predicted octanol–water partition coefficient (Wildman–Crippen LogP) is 0.849. The van der Waals surface area contributed by atoms with Crippen molar-refractivity contribution < 1.29 is 4.74 Å². The van der Waals surface area contributed by atoms with Crippen LogP contribution in [0.5, 0.6) is 5.75 Å². The Labute approximate surface area is 78.1 Å².